The van der Waals surface area contributed by atoms with Gasteiger partial charge in [0.1, 0.15) is 5.78 Å². The molecule has 92 valence electrons. The second-order valence-corrected chi connectivity index (χ2v) is 6.33. The van der Waals surface area contributed by atoms with Gasteiger partial charge in [-0.1, -0.05) is 29.8 Å². The molecule has 18 heavy (non-hydrogen) atoms. The zero-order chi connectivity index (χ0) is 12.3. The summed E-state index contributed by atoms with van der Waals surface area (Å²) in [4.78, 5) is 12.2. The van der Waals surface area contributed by atoms with Crippen molar-refractivity contribution in [1.82, 2.24) is 0 Å². The van der Waals surface area contributed by atoms with Crippen molar-refractivity contribution in [2.24, 2.45) is 5.92 Å². The Bertz CT molecular complexity index is 581. The summed E-state index contributed by atoms with van der Waals surface area (Å²) in [6.07, 6.45) is 7.42. The molecule has 1 nitrogen and oxygen atoms in total. The number of aryl methyl sites for hydroxylation is 1. The third-order valence-corrected chi connectivity index (χ3v) is 5.28. The van der Waals surface area contributed by atoms with Crippen molar-refractivity contribution in [2.45, 2.75) is 44.4 Å². The first-order valence-corrected chi connectivity index (χ1v) is 6.98. The highest BCUT2D eigenvalue weighted by molar-refractivity contribution is 5.86. The van der Waals surface area contributed by atoms with Crippen molar-refractivity contribution < 1.29 is 4.79 Å². The van der Waals surface area contributed by atoms with Crippen molar-refractivity contribution in [1.29, 1.82) is 0 Å². The molecule has 1 spiro atoms. The normalized spacial score (nSPS) is 32.8. The quantitative estimate of drug-likeness (QED) is 0.632. The molecular formula is C17H18O. The van der Waals surface area contributed by atoms with Crippen LogP contribution >= 0.6 is 0 Å². The molecule has 2 atom stereocenters. The van der Waals surface area contributed by atoms with Crippen LogP contribution in [0.3, 0.4) is 0 Å². The smallest absolute Gasteiger partial charge is 0.138 e. The maximum Gasteiger partial charge on any atom is 0.138 e. The van der Waals surface area contributed by atoms with Gasteiger partial charge in [0.2, 0.25) is 0 Å². The minimum atomic E-state index is 0.167. The molecule has 0 radical (unpaired) electrons. The number of rotatable bonds is 0. The maximum absolute atomic E-state index is 12.2. The molecule has 1 saturated carbocycles. The lowest BCUT2D eigenvalue weighted by atomic mass is 9.61. The predicted molar refractivity (Wildman–Crippen MR) is 71.6 cm³/mol. The summed E-state index contributed by atoms with van der Waals surface area (Å²) in [7, 11) is 0. The summed E-state index contributed by atoms with van der Waals surface area (Å²) in [5.41, 5.74) is 5.99. The molecule has 1 heteroatoms. The van der Waals surface area contributed by atoms with E-state index >= 15 is 0 Å². The van der Waals surface area contributed by atoms with Crippen molar-refractivity contribution in [2.75, 3.05) is 0 Å². The largest absolute Gasteiger partial charge is 0.299 e. The van der Waals surface area contributed by atoms with Gasteiger partial charge in [-0.25, -0.2) is 0 Å². The summed E-state index contributed by atoms with van der Waals surface area (Å²) in [5.74, 6) is 1.14. The second-order valence-electron chi connectivity index (χ2n) is 6.33. The number of fused-ring (bicyclic) bond motifs is 5. The van der Waals surface area contributed by atoms with Crippen LogP contribution in [-0.2, 0) is 16.6 Å². The zero-order valence-corrected chi connectivity index (χ0v) is 10.8. The third kappa shape index (κ3) is 1.20. The van der Waals surface area contributed by atoms with Crippen LogP contribution in [0.4, 0.5) is 0 Å². The third-order valence-electron chi connectivity index (χ3n) is 5.28. The van der Waals surface area contributed by atoms with Gasteiger partial charge in [-0.05, 0) is 48.8 Å². The first kappa shape index (κ1) is 10.5. The molecular weight excluding hydrogens is 220 g/mol. The van der Waals surface area contributed by atoms with Crippen molar-refractivity contribution in [3.63, 3.8) is 0 Å². The van der Waals surface area contributed by atoms with Gasteiger partial charge in [0.05, 0.1) is 0 Å². The lowest BCUT2D eigenvalue weighted by Gasteiger charge is -2.41. The molecule has 1 aromatic rings. The highest BCUT2D eigenvalue weighted by Crippen LogP contribution is 2.58. The Hall–Kier alpha value is -1.37. The fraction of sp³-hybridized carbons (Fsp3) is 0.471. The van der Waals surface area contributed by atoms with Crippen LogP contribution in [0.2, 0.25) is 0 Å². The standard InChI is InChI=1S/C17H18O/c1-11-3-2-4-13-8-15(18)10-17(16(11)13)9-12-5-6-14(17)7-12/h2-5,14H,6-10H2,1H3. The number of hydrogen-bond acceptors (Lipinski definition) is 1. The summed E-state index contributed by atoms with van der Waals surface area (Å²) in [6.45, 7) is 2.22. The van der Waals surface area contributed by atoms with Gasteiger partial charge in [-0.2, -0.15) is 0 Å². The molecule has 2 unspecified atom stereocenters. The minimum absolute atomic E-state index is 0.167. The molecule has 3 aliphatic carbocycles. The Morgan fingerprint density at radius 1 is 1.28 bits per heavy atom. The topological polar surface area (TPSA) is 17.1 Å². The van der Waals surface area contributed by atoms with Crippen LogP contribution in [0, 0.1) is 12.8 Å². The van der Waals surface area contributed by atoms with E-state index in [1.54, 1.807) is 5.57 Å². The van der Waals surface area contributed by atoms with E-state index in [1.165, 1.54) is 29.5 Å². The van der Waals surface area contributed by atoms with E-state index in [9.17, 15) is 4.79 Å². The summed E-state index contributed by atoms with van der Waals surface area (Å²) in [5, 5.41) is 0. The van der Waals surface area contributed by atoms with Crippen LogP contribution in [-0.4, -0.2) is 5.78 Å². The predicted octanol–water partition coefficient (Wildman–Crippen LogP) is 3.49. The van der Waals surface area contributed by atoms with Gasteiger partial charge < -0.3 is 0 Å². The number of hydrogen-bond donors (Lipinski definition) is 0. The van der Waals surface area contributed by atoms with E-state index < -0.39 is 0 Å². The van der Waals surface area contributed by atoms with Crippen LogP contribution in [0.5, 0.6) is 0 Å². The second kappa shape index (κ2) is 3.34. The monoisotopic (exact) mass is 238 g/mol. The average Bonchev–Trinajstić information content (AvgIpc) is 2.88. The van der Waals surface area contributed by atoms with Crippen LogP contribution in [0.15, 0.2) is 29.8 Å². The number of carbonyl (C=O) groups is 1. The number of carbonyl (C=O) groups excluding carboxylic acids is 1. The van der Waals surface area contributed by atoms with E-state index in [0.717, 1.165) is 12.8 Å². The minimum Gasteiger partial charge on any atom is -0.299 e. The molecule has 0 N–H and O–H groups in total. The lowest BCUT2D eigenvalue weighted by molar-refractivity contribution is -0.120. The van der Waals surface area contributed by atoms with Gasteiger partial charge in [0.15, 0.2) is 0 Å². The molecule has 0 aliphatic heterocycles. The molecule has 0 saturated heterocycles. The van der Waals surface area contributed by atoms with Crippen molar-refractivity contribution in [3.05, 3.63) is 46.5 Å². The van der Waals surface area contributed by atoms with Crippen LogP contribution < -0.4 is 0 Å². The fourth-order valence-electron chi connectivity index (χ4n) is 4.71. The van der Waals surface area contributed by atoms with Gasteiger partial charge in [0, 0.05) is 18.3 Å². The number of benzene rings is 1. The van der Waals surface area contributed by atoms with Crippen molar-refractivity contribution >= 4 is 5.78 Å². The lowest BCUT2D eigenvalue weighted by Crippen LogP contribution is -2.39. The van der Waals surface area contributed by atoms with E-state index in [0.29, 0.717) is 18.1 Å². The summed E-state index contributed by atoms with van der Waals surface area (Å²) in [6, 6.07) is 6.49. The van der Waals surface area contributed by atoms with E-state index in [2.05, 4.69) is 31.2 Å². The van der Waals surface area contributed by atoms with E-state index in [-0.39, 0.29) is 5.41 Å². The molecule has 0 heterocycles. The SMILES string of the molecule is Cc1cccc2c1C1(CC(=O)C2)CC2=CCC1C2. The highest BCUT2D eigenvalue weighted by Gasteiger charge is 2.52. The van der Waals surface area contributed by atoms with Gasteiger partial charge in [-0.3, -0.25) is 4.79 Å². The fourth-order valence-corrected chi connectivity index (χ4v) is 4.71. The summed E-state index contributed by atoms with van der Waals surface area (Å²) >= 11 is 0. The zero-order valence-electron chi connectivity index (χ0n) is 10.8. The molecule has 1 fully saturated rings. The Balaban J connectivity index is 1.96. The molecule has 3 aliphatic rings. The number of Topliss-reactive ketones (excluding diaryl/α,β-unsaturated/α-hetero) is 1. The van der Waals surface area contributed by atoms with Gasteiger partial charge in [0.25, 0.3) is 0 Å². The van der Waals surface area contributed by atoms with Crippen LogP contribution in [0.25, 0.3) is 0 Å². The molecule has 0 aromatic heterocycles. The van der Waals surface area contributed by atoms with E-state index in [4.69, 9.17) is 0 Å². The Kier molecular flexibility index (Phi) is 1.96. The average molecular weight is 238 g/mol. The molecule has 1 aromatic carbocycles. The first-order chi connectivity index (χ1) is 8.69. The number of ketones is 1. The Morgan fingerprint density at radius 2 is 2.17 bits per heavy atom. The number of allylic oxidation sites excluding steroid dienone is 2. The Morgan fingerprint density at radius 3 is 2.89 bits per heavy atom. The van der Waals surface area contributed by atoms with Gasteiger partial charge in [-0.15, -0.1) is 0 Å². The molecule has 4 rings (SSSR count). The molecule has 2 bridgehead atoms. The van der Waals surface area contributed by atoms with Crippen molar-refractivity contribution in [3.8, 4) is 0 Å². The van der Waals surface area contributed by atoms with Gasteiger partial charge >= 0.3 is 0 Å². The molecule has 0 amide bonds. The maximum atomic E-state index is 12.2. The Labute approximate surface area is 108 Å². The summed E-state index contributed by atoms with van der Waals surface area (Å²) < 4.78 is 0. The highest BCUT2D eigenvalue weighted by atomic mass is 16.1. The van der Waals surface area contributed by atoms with Crippen LogP contribution in [0.1, 0.15) is 42.4 Å². The first-order valence-electron chi connectivity index (χ1n) is 6.98. The van der Waals surface area contributed by atoms with E-state index in [1.807, 2.05) is 0 Å².